The highest BCUT2D eigenvalue weighted by Gasteiger charge is 2.15. The minimum absolute atomic E-state index is 0.132. The summed E-state index contributed by atoms with van der Waals surface area (Å²) in [5.41, 5.74) is 3.84. The average molecular weight is 339 g/mol. The van der Waals surface area contributed by atoms with Gasteiger partial charge in [-0.25, -0.2) is 0 Å². The summed E-state index contributed by atoms with van der Waals surface area (Å²) in [7, 11) is 1.67. The monoisotopic (exact) mass is 339 g/mol. The van der Waals surface area contributed by atoms with E-state index in [1.165, 1.54) is 18.4 Å². The van der Waals surface area contributed by atoms with Crippen molar-refractivity contribution >= 4 is 11.6 Å². The number of amides is 1. The van der Waals surface area contributed by atoms with Crippen LogP contribution in [-0.4, -0.2) is 37.6 Å². The standard InChI is InChI=1S/C20H25N3O2/c1-15-5-6-19(25-2)16(13-15)7-9-22-20(24)18-14-17(8-10-21-18)23-11-3-4-12-23/h5-6,8,10,13-14H,3-4,7,9,11-12H2,1-2H3,(H,22,24). The van der Waals surface area contributed by atoms with Gasteiger partial charge in [0.1, 0.15) is 11.4 Å². The van der Waals surface area contributed by atoms with E-state index in [1.807, 2.05) is 24.3 Å². The third-order valence-electron chi connectivity index (χ3n) is 4.56. The van der Waals surface area contributed by atoms with Crippen LogP contribution in [0.25, 0.3) is 0 Å². The van der Waals surface area contributed by atoms with E-state index in [0.29, 0.717) is 12.2 Å². The van der Waals surface area contributed by atoms with Crippen LogP contribution < -0.4 is 15.0 Å². The van der Waals surface area contributed by atoms with Gasteiger partial charge in [-0.1, -0.05) is 17.7 Å². The second-order valence-electron chi connectivity index (χ2n) is 6.41. The van der Waals surface area contributed by atoms with Crippen LogP contribution in [0, 0.1) is 6.92 Å². The quantitative estimate of drug-likeness (QED) is 0.879. The number of ether oxygens (including phenoxy) is 1. The molecule has 1 aliphatic heterocycles. The van der Waals surface area contributed by atoms with E-state index in [0.717, 1.165) is 36.5 Å². The van der Waals surface area contributed by atoms with Crippen LogP contribution >= 0.6 is 0 Å². The largest absolute Gasteiger partial charge is 0.496 e. The number of carbonyl (C=O) groups is 1. The van der Waals surface area contributed by atoms with Crippen molar-refractivity contribution in [3.05, 3.63) is 53.3 Å². The Hall–Kier alpha value is -2.56. The van der Waals surface area contributed by atoms with Crippen molar-refractivity contribution < 1.29 is 9.53 Å². The molecule has 1 aliphatic rings. The van der Waals surface area contributed by atoms with Crippen molar-refractivity contribution in [1.29, 1.82) is 0 Å². The van der Waals surface area contributed by atoms with E-state index in [-0.39, 0.29) is 5.91 Å². The van der Waals surface area contributed by atoms with Gasteiger partial charge < -0.3 is 15.0 Å². The van der Waals surface area contributed by atoms with E-state index in [2.05, 4.69) is 28.2 Å². The highest BCUT2D eigenvalue weighted by molar-refractivity contribution is 5.93. The van der Waals surface area contributed by atoms with E-state index < -0.39 is 0 Å². The molecule has 0 bridgehead atoms. The van der Waals surface area contributed by atoms with Gasteiger partial charge in [-0.3, -0.25) is 9.78 Å². The van der Waals surface area contributed by atoms with Crippen LogP contribution in [0.15, 0.2) is 36.5 Å². The number of anilines is 1. The number of pyridine rings is 1. The smallest absolute Gasteiger partial charge is 0.269 e. The number of benzene rings is 1. The van der Waals surface area contributed by atoms with Crippen LogP contribution in [0.4, 0.5) is 5.69 Å². The molecule has 1 saturated heterocycles. The molecule has 0 spiro atoms. The van der Waals surface area contributed by atoms with Gasteiger partial charge in [-0.05, 0) is 49.9 Å². The zero-order valence-corrected chi connectivity index (χ0v) is 14.9. The molecule has 1 aromatic carbocycles. The minimum Gasteiger partial charge on any atom is -0.496 e. The Morgan fingerprint density at radius 1 is 1.24 bits per heavy atom. The van der Waals surface area contributed by atoms with Crippen molar-refractivity contribution in [3.8, 4) is 5.75 Å². The first-order chi connectivity index (χ1) is 12.2. The summed E-state index contributed by atoms with van der Waals surface area (Å²) in [5.74, 6) is 0.724. The zero-order chi connectivity index (χ0) is 17.6. The fourth-order valence-electron chi connectivity index (χ4n) is 3.22. The maximum absolute atomic E-state index is 12.4. The molecule has 1 amide bonds. The van der Waals surface area contributed by atoms with Crippen molar-refractivity contribution in [3.63, 3.8) is 0 Å². The number of aryl methyl sites for hydroxylation is 1. The van der Waals surface area contributed by atoms with Gasteiger partial charge >= 0.3 is 0 Å². The highest BCUT2D eigenvalue weighted by atomic mass is 16.5. The number of methoxy groups -OCH3 is 1. The maximum Gasteiger partial charge on any atom is 0.269 e. The lowest BCUT2D eigenvalue weighted by atomic mass is 10.1. The zero-order valence-electron chi connectivity index (χ0n) is 14.9. The molecule has 1 fully saturated rings. The summed E-state index contributed by atoms with van der Waals surface area (Å²) in [6, 6.07) is 9.94. The lowest BCUT2D eigenvalue weighted by Crippen LogP contribution is -2.27. The first kappa shape index (κ1) is 17.3. The maximum atomic E-state index is 12.4. The van der Waals surface area contributed by atoms with E-state index in [1.54, 1.807) is 13.3 Å². The predicted molar refractivity (Wildman–Crippen MR) is 99.5 cm³/mol. The summed E-state index contributed by atoms with van der Waals surface area (Å²) < 4.78 is 5.38. The molecule has 1 N–H and O–H groups in total. The Kier molecular flexibility index (Phi) is 5.53. The Labute approximate surface area is 149 Å². The number of nitrogens with one attached hydrogen (secondary N) is 1. The van der Waals surface area contributed by atoms with Gasteiger partial charge in [-0.2, -0.15) is 0 Å². The molecule has 5 nitrogen and oxygen atoms in total. The number of hydrogen-bond donors (Lipinski definition) is 1. The van der Waals surface area contributed by atoms with Gasteiger partial charge in [0.2, 0.25) is 0 Å². The second-order valence-corrected chi connectivity index (χ2v) is 6.41. The topological polar surface area (TPSA) is 54.5 Å². The minimum atomic E-state index is -0.132. The third kappa shape index (κ3) is 4.29. The SMILES string of the molecule is COc1ccc(C)cc1CCNC(=O)c1cc(N2CCCC2)ccn1. The second kappa shape index (κ2) is 8.01. The van der Waals surface area contributed by atoms with Gasteiger partial charge in [0.25, 0.3) is 5.91 Å². The lowest BCUT2D eigenvalue weighted by molar-refractivity contribution is 0.0949. The summed E-state index contributed by atoms with van der Waals surface area (Å²) >= 11 is 0. The fraction of sp³-hybridized carbons (Fsp3) is 0.400. The molecule has 2 aromatic rings. The molecule has 0 radical (unpaired) electrons. The number of aromatic nitrogens is 1. The van der Waals surface area contributed by atoms with E-state index >= 15 is 0 Å². The normalized spacial score (nSPS) is 13.8. The highest BCUT2D eigenvalue weighted by Crippen LogP contribution is 2.21. The summed E-state index contributed by atoms with van der Waals surface area (Å²) in [4.78, 5) is 18.9. The molecule has 132 valence electrons. The van der Waals surface area contributed by atoms with Crippen LogP contribution in [0.2, 0.25) is 0 Å². The first-order valence-corrected chi connectivity index (χ1v) is 8.80. The molecule has 0 saturated carbocycles. The summed E-state index contributed by atoms with van der Waals surface area (Å²) in [6.07, 6.45) is 4.86. The Bertz CT molecular complexity index is 739. The van der Waals surface area contributed by atoms with Crippen molar-refractivity contribution in [1.82, 2.24) is 10.3 Å². The molecule has 5 heteroatoms. The van der Waals surface area contributed by atoms with Crippen LogP contribution in [0.5, 0.6) is 5.75 Å². The van der Waals surface area contributed by atoms with Gasteiger partial charge in [0, 0.05) is 31.5 Å². The van der Waals surface area contributed by atoms with Crippen LogP contribution in [-0.2, 0) is 6.42 Å². The lowest BCUT2D eigenvalue weighted by Gasteiger charge is -2.17. The predicted octanol–water partition coefficient (Wildman–Crippen LogP) is 2.97. The molecule has 0 aliphatic carbocycles. The third-order valence-corrected chi connectivity index (χ3v) is 4.56. The van der Waals surface area contributed by atoms with Gasteiger partial charge in [0.05, 0.1) is 7.11 Å². The van der Waals surface area contributed by atoms with Crippen molar-refractivity contribution in [2.24, 2.45) is 0 Å². The molecule has 25 heavy (non-hydrogen) atoms. The number of hydrogen-bond acceptors (Lipinski definition) is 4. The van der Waals surface area contributed by atoms with Gasteiger partial charge in [-0.15, -0.1) is 0 Å². The summed E-state index contributed by atoms with van der Waals surface area (Å²) in [5, 5.41) is 2.96. The van der Waals surface area contributed by atoms with Crippen LogP contribution in [0.3, 0.4) is 0 Å². The first-order valence-electron chi connectivity index (χ1n) is 8.80. The van der Waals surface area contributed by atoms with E-state index in [9.17, 15) is 4.79 Å². The average Bonchev–Trinajstić information content (AvgIpc) is 3.17. The molecular weight excluding hydrogens is 314 g/mol. The molecule has 0 unspecified atom stereocenters. The Morgan fingerprint density at radius 2 is 2.04 bits per heavy atom. The molecule has 2 heterocycles. The molecule has 0 atom stereocenters. The number of nitrogens with zero attached hydrogens (tertiary/aromatic N) is 2. The Morgan fingerprint density at radius 3 is 2.80 bits per heavy atom. The Balaban J connectivity index is 1.59. The van der Waals surface area contributed by atoms with Gasteiger partial charge in [0.15, 0.2) is 0 Å². The molecule has 1 aromatic heterocycles. The van der Waals surface area contributed by atoms with E-state index in [4.69, 9.17) is 4.74 Å². The molecular formula is C20H25N3O2. The van der Waals surface area contributed by atoms with Crippen LogP contribution in [0.1, 0.15) is 34.5 Å². The van der Waals surface area contributed by atoms with Crippen molar-refractivity contribution in [2.75, 3.05) is 31.6 Å². The molecule has 3 rings (SSSR count). The fourth-order valence-corrected chi connectivity index (χ4v) is 3.22. The van der Waals surface area contributed by atoms with Crippen molar-refractivity contribution in [2.45, 2.75) is 26.2 Å². The number of carbonyl (C=O) groups excluding carboxylic acids is 1. The number of rotatable bonds is 6. The summed E-state index contributed by atoms with van der Waals surface area (Å²) in [6.45, 7) is 4.71.